The fourth-order valence-corrected chi connectivity index (χ4v) is 8.60. The molecule has 5 unspecified atom stereocenters. The lowest BCUT2D eigenvalue weighted by atomic mass is 9.46. The minimum atomic E-state index is -1.70. The molecule has 230 valence electrons. The van der Waals surface area contributed by atoms with Gasteiger partial charge in [-0.3, -0.25) is 4.79 Å². The van der Waals surface area contributed by atoms with Gasteiger partial charge in [-0.25, -0.2) is 10.0 Å². The molecule has 5 rings (SSSR count). The van der Waals surface area contributed by atoms with E-state index < -0.39 is 41.5 Å². The number of amides is 1. The van der Waals surface area contributed by atoms with Gasteiger partial charge >= 0.3 is 5.97 Å². The van der Waals surface area contributed by atoms with Gasteiger partial charge in [-0.05, 0) is 98.5 Å². The normalized spacial score (nSPS) is 37.0. The van der Waals surface area contributed by atoms with Gasteiger partial charge in [-0.15, -0.1) is 0 Å². The molecule has 1 amide bonds. The maximum absolute atomic E-state index is 12.5. The van der Waals surface area contributed by atoms with E-state index in [1.165, 1.54) is 29.8 Å². The molecule has 0 bridgehead atoms. The van der Waals surface area contributed by atoms with Gasteiger partial charge in [0.25, 0.3) is 5.91 Å². The van der Waals surface area contributed by atoms with Crippen molar-refractivity contribution in [1.29, 1.82) is 0 Å². The summed E-state index contributed by atoms with van der Waals surface area (Å²) in [5.41, 5.74) is 1.53. The predicted octanol–water partition coefficient (Wildman–Crippen LogP) is 2.78. The highest BCUT2D eigenvalue weighted by Crippen LogP contribution is 2.67. The molecule has 0 spiro atoms. The van der Waals surface area contributed by atoms with Gasteiger partial charge in [0.2, 0.25) is 0 Å². The number of benzene rings is 1. The Hall–Kier alpha value is -2.83. The number of quaternary nitrogens is 1. The van der Waals surface area contributed by atoms with Gasteiger partial charge in [0.1, 0.15) is 6.10 Å². The van der Waals surface area contributed by atoms with E-state index >= 15 is 0 Å². The topological polar surface area (TPSA) is 176 Å². The fourth-order valence-electron chi connectivity index (χ4n) is 8.60. The number of hydrogen-bond acceptors (Lipinski definition) is 8. The van der Waals surface area contributed by atoms with Gasteiger partial charge < -0.3 is 30.7 Å². The summed E-state index contributed by atoms with van der Waals surface area (Å²) in [6, 6.07) is 3.57. The first-order valence-electron chi connectivity index (χ1n) is 14.9. The molecule has 6 N–H and O–H groups in total. The average Bonchev–Trinajstić information content (AvgIpc) is 3.19. The van der Waals surface area contributed by atoms with Crippen LogP contribution in [0.15, 0.2) is 41.1 Å². The second-order valence-electron chi connectivity index (χ2n) is 13.4. The standard InChI is InChI=1S/C31H43N3O8/c1-29-12-9-20(16-19(29)7-8-22-23(29)10-13-30(2)24(22)11-14-31(30,3)39)33-42-17-25(35)32-26(28(37)38)27(36)18-5-4-6-21(15-18)34(40)41/h4-6,15-16,22-24,26-27,34,36,39-40H,7-14,17H2,1-3H3,(H,32,35)(H,37,38)/b33-20+/t22-,23?,24?,26?,27?,29+,30+,31+/m1/s1. The molecule has 0 heterocycles. The molecule has 3 fully saturated rings. The summed E-state index contributed by atoms with van der Waals surface area (Å²) in [6.45, 7) is 6.17. The number of aliphatic hydroxyl groups excluding tert-OH is 1. The molecule has 1 aromatic rings. The summed E-state index contributed by atoms with van der Waals surface area (Å²) in [4.78, 5) is 29.6. The third-order valence-electron chi connectivity index (χ3n) is 11.3. The van der Waals surface area contributed by atoms with E-state index in [1.807, 2.05) is 6.92 Å². The molecule has 9 atom stereocenters. The van der Waals surface area contributed by atoms with Gasteiger partial charge in [0.15, 0.2) is 18.3 Å². The van der Waals surface area contributed by atoms with Crippen molar-refractivity contribution >= 4 is 23.3 Å². The van der Waals surface area contributed by atoms with E-state index in [-0.39, 0.29) is 22.1 Å². The average molecular weight is 586 g/mol. The predicted molar refractivity (Wildman–Crippen MR) is 152 cm³/mol. The summed E-state index contributed by atoms with van der Waals surface area (Å²) >= 11 is 0. The number of carboxylic acids is 1. The van der Waals surface area contributed by atoms with Crippen molar-refractivity contribution in [2.75, 3.05) is 6.61 Å². The monoisotopic (exact) mass is 585 g/mol. The van der Waals surface area contributed by atoms with E-state index in [0.29, 0.717) is 24.2 Å². The van der Waals surface area contributed by atoms with E-state index in [4.69, 9.17) is 10.0 Å². The van der Waals surface area contributed by atoms with Crippen LogP contribution >= 0.6 is 0 Å². The molecule has 42 heavy (non-hydrogen) atoms. The summed E-state index contributed by atoms with van der Waals surface area (Å²) in [7, 11) is 0. The SMILES string of the molecule is C[C@]12CC/C(=N\OCC(=O)NC(C(=O)O)C(O)c3cccc([NH+]([O-])O)c3)C=C1CC[C@@H]1C2CC[C@@]2(C)C1CC[C@]2(C)O. The zero-order chi connectivity index (χ0) is 30.4. The number of allylic oxidation sites excluding steroid dienone is 2. The summed E-state index contributed by atoms with van der Waals surface area (Å²) in [5.74, 6) is -0.503. The fraction of sp³-hybridized carbons (Fsp3) is 0.645. The smallest absolute Gasteiger partial charge is 0.329 e. The second-order valence-corrected chi connectivity index (χ2v) is 13.4. The van der Waals surface area contributed by atoms with Gasteiger partial charge in [-0.1, -0.05) is 36.7 Å². The van der Waals surface area contributed by atoms with E-state index in [2.05, 4.69) is 30.4 Å². The largest absolute Gasteiger partial charge is 0.595 e. The number of rotatable bonds is 8. The third-order valence-corrected chi connectivity index (χ3v) is 11.3. The van der Waals surface area contributed by atoms with Crippen molar-refractivity contribution in [1.82, 2.24) is 5.32 Å². The van der Waals surface area contributed by atoms with Crippen LogP contribution in [0.3, 0.4) is 0 Å². The first-order valence-corrected chi connectivity index (χ1v) is 14.9. The van der Waals surface area contributed by atoms with E-state index in [9.17, 15) is 30.1 Å². The van der Waals surface area contributed by atoms with Crippen LogP contribution in [0.5, 0.6) is 0 Å². The van der Waals surface area contributed by atoms with Gasteiger partial charge in [0.05, 0.1) is 11.3 Å². The van der Waals surface area contributed by atoms with Crippen LogP contribution in [0.1, 0.15) is 83.8 Å². The Labute approximate surface area is 245 Å². The van der Waals surface area contributed by atoms with E-state index in [1.54, 1.807) is 0 Å². The van der Waals surface area contributed by atoms with Crippen LogP contribution < -0.4 is 10.5 Å². The number of hydrogen-bond donors (Lipinski definition) is 6. The van der Waals surface area contributed by atoms with Gasteiger partial charge in [0, 0.05) is 12.1 Å². The molecular weight excluding hydrogens is 542 g/mol. The van der Waals surface area contributed by atoms with Crippen molar-refractivity contribution in [3.05, 3.63) is 46.7 Å². The van der Waals surface area contributed by atoms with Crippen molar-refractivity contribution in [2.45, 2.75) is 89.9 Å². The van der Waals surface area contributed by atoms with E-state index in [0.717, 1.165) is 50.7 Å². The number of aliphatic carboxylic acids is 1. The van der Waals surface area contributed by atoms with Gasteiger partial charge in [-0.2, -0.15) is 5.23 Å². The van der Waals surface area contributed by atoms with Crippen LogP contribution in [-0.2, 0) is 14.4 Å². The van der Waals surface area contributed by atoms with Crippen molar-refractivity contribution in [3.63, 3.8) is 0 Å². The molecule has 11 heteroatoms. The Morgan fingerprint density at radius 2 is 1.88 bits per heavy atom. The zero-order valence-corrected chi connectivity index (χ0v) is 24.5. The number of nitrogens with zero attached hydrogens (tertiary/aromatic N) is 1. The minimum absolute atomic E-state index is 0.0142. The van der Waals surface area contributed by atoms with Crippen molar-refractivity contribution < 1.29 is 40.2 Å². The quantitative estimate of drug-likeness (QED) is 0.252. The molecule has 0 aliphatic heterocycles. The molecule has 11 nitrogen and oxygen atoms in total. The highest BCUT2D eigenvalue weighted by molar-refractivity contribution is 5.96. The second kappa shape index (κ2) is 11.3. The highest BCUT2D eigenvalue weighted by Gasteiger charge is 2.62. The van der Waals surface area contributed by atoms with Crippen LogP contribution in [0.4, 0.5) is 5.69 Å². The number of nitrogens with one attached hydrogen (secondary N) is 2. The third kappa shape index (κ3) is 5.37. The number of fused-ring (bicyclic) bond motifs is 5. The summed E-state index contributed by atoms with van der Waals surface area (Å²) < 4.78 is 0. The highest BCUT2D eigenvalue weighted by atomic mass is 16.8. The molecule has 4 aliphatic carbocycles. The number of oxime groups is 1. The first-order chi connectivity index (χ1) is 19.8. The number of carbonyl (C=O) groups excluding carboxylic acids is 1. The Morgan fingerprint density at radius 1 is 1.14 bits per heavy atom. The molecule has 1 aromatic carbocycles. The lowest BCUT2D eigenvalue weighted by Crippen LogP contribution is -2.99. The molecule has 0 saturated heterocycles. The zero-order valence-electron chi connectivity index (χ0n) is 24.5. The molecule has 4 aliphatic rings. The molecule has 3 saturated carbocycles. The Morgan fingerprint density at radius 3 is 2.60 bits per heavy atom. The van der Waals surface area contributed by atoms with Crippen molar-refractivity contribution in [3.8, 4) is 0 Å². The first kappa shape index (κ1) is 30.6. The Balaban J connectivity index is 1.20. The number of carbonyl (C=O) groups is 2. The van der Waals surface area contributed by atoms with Crippen LogP contribution in [0.2, 0.25) is 0 Å². The lowest BCUT2D eigenvalue weighted by molar-refractivity contribution is -0.991. The van der Waals surface area contributed by atoms with Crippen molar-refractivity contribution in [2.24, 2.45) is 33.7 Å². The number of aliphatic hydroxyl groups is 2. The molecular formula is C31H43N3O8. The number of carboxylic acid groups (broad SMARTS) is 1. The van der Waals surface area contributed by atoms with Crippen LogP contribution in [0.25, 0.3) is 0 Å². The Bertz CT molecular complexity index is 1280. The summed E-state index contributed by atoms with van der Waals surface area (Å²) in [5, 5.41) is 56.9. The van der Waals surface area contributed by atoms with Crippen LogP contribution in [0, 0.1) is 33.8 Å². The maximum Gasteiger partial charge on any atom is 0.329 e. The molecule has 0 aromatic heterocycles. The van der Waals surface area contributed by atoms with Crippen LogP contribution in [-0.4, -0.2) is 56.4 Å². The molecule has 0 radical (unpaired) electrons. The maximum atomic E-state index is 12.5. The summed E-state index contributed by atoms with van der Waals surface area (Å²) in [6.07, 6.45) is 8.31. The Kier molecular flexibility index (Phi) is 8.27. The minimum Gasteiger partial charge on any atom is -0.595 e. The lowest BCUT2D eigenvalue weighted by Gasteiger charge is -2.59.